The third kappa shape index (κ3) is 4.46. The van der Waals surface area contributed by atoms with Crippen LogP contribution in [-0.4, -0.2) is 25.0 Å². The monoisotopic (exact) mass is 300 g/mol. The van der Waals surface area contributed by atoms with E-state index in [2.05, 4.69) is 10.6 Å². The second-order valence-electron chi connectivity index (χ2n) is 5.48. The van der Waals surface area contributed by atoms with E-state index in [0.29, 0.717) is 11.5 Å². The second-order valence-corrected chi connectivity index (χ2v) is 5.48. The SMILES string of the molecule is CC(NC(=O)Cc1ccc(C(F)(F)F)cc1)C1CCNC1. The molecule has 0 radical (unpaired) electrons. The van der Waals surface area contributed by atoms with Crippen molar-refractivity contribution < 1.29 is 18.0 Å². The van der Waals surface area contributed by atoms with Gasteiger partial charge in [-0.2, -0.15) is 13.2 Å². The third-order valence-corrected chi connectivity index (χ3v) is 3.84. The van der Waals surface area contributed by atoms with Crippen molar-refractivity contribution >= 4 is 5.91 Å². The standard InChI is InChI=1S/C15H19F3N2O/c1-10(12-6-7-19-9-12)20-14(21)8-11-2-4-13(5-3-11)15(16,17)18/h2-5,10,12,19H,6-9H2,1H3,(H,20,21). The van der Waals surface area contributed by atoms with Gasteiger partial charge in [0, 0.05) is 6.04 Å². The molecule has 0 saturated carbocycles. The average Bonchev–Trinajstić information content (AvgIpc) is 2.92. The summed E-state index contributed by atoms with van der Waals surface area (Å²) in [5.74, 6) is 0.260. The van der Waals surface area contributed by atoms with Crippen LogP contribution in [0.25, 0.3) is 0 Å². The highest BCUT2D eigenvalue weighted by molar-refractivity contribution is 5.78. The first-order valence-electron chi connectivity index (χ1n) is 7.02. The van der Waals surface area contributed by atoms with Gasteiger partial charge in [0.15, 0.2) is 0 Å². The van der Waals surface area contributed by atoms with E-state index in [0.717, 1.165) is 31.6 Å². The Balaban J connectivity index is 1.87. The van der Waals surface area contributed by atoms with Gasteiger partial charge in [-0.05, 0) is 50.0 Å². The van der Waals surface area contributed by atoms with Crippen molar-refractivity contribution in [3.8, 4) is 0 Å². The summed E-state index contributed by atoms with van der Waals surface area (Å²) < 4.78 is 37.3. The van der Waals surface area contributed by atoms with Gasteiger partial charge in [-0.3, -0.25) is 4.79 Å². The lowest BCUT2D eigenvalue weighted by Gasteiger charge is -2.19. The van der Waals surface area contributed by atoms with E-state index in [1.807, 2.05) is 6.92 Å². The number of alkyl halides is 3. The molecule has 1 amide bonds. The molecule has 21 heavy (non-hydrogen) atoms. The van der Waals surface area contributed by atoms with Crippen LogP contribution in [0.4, 0.5) is 13.2 Å². The van der Waals surface area contributed by atoms with Gasteiger partial charge in [0.2, 0.25) is 5.91 Å². The lowest BCUT2D eigenvalue weighted by Crippen LogP contribution is -2.39. The molecular formula is C15H19F3N2O. The van der Waals surface area contributed by atoms with Crippen LogP contribution in [0.2, 0.25) is 0 Å². The fraction of sp³-hybridized carbons (Fsp3) is 0.533. The summed E-state index contributed by atoms with van der Waals surface area (Å²) in [5, 5.41) is 6.15. The summed E-state index contributed by atoms with van der Waals surface area (Å²) in [6, 6.07) is 4.79. The number of nitrogens with one attached hydrogen (secondary N) is 2. The average molecular weight is 300 g/mol. The van der Waals surface area contributed by atoms with Gasteiger partial charge in [0.05, 0.1) is 12.0 Å². The minimum absolute atomic E-state index is 0.0712. The van der Waals surface area contributed by atoms with Crippen molar-refractivity contribution in [3.05, 3.63) is 35.4 Å². The summed E-state index contributed by atoms with van der Waals surface area (Å²) in [6.07, 6.45) is -3.21. The Morgan fingerprint density at radius 3 is 2.57 bits per heavy atom. The first kappa shape index (κ1) is 15.8. The fourth-order valence-electron chi connectivity index (χ4n) is 2.52. The number of hydrogen-bond acceptors (Lipinski definition) is 2. The van der Waals surface area contributed by atoms with Gasteiger partial charge < -0.3 is 10.6 Å². The van der Waals surface area contributed by atoms with Crippen molar-refractivity contribution in [2.24, 2.45) is 5.92 Å². The molecule has 1 saturated heterocycles. The van der Waals surface area contributed by atoms with E-state index in [1.54, 1.807) is 0 Å². The molecule has 2 unspecified atom stereocenters. The number of rotatable bonds is 4. The van der Waals surface area contributed by atoms with Gasteiger partial charge in [0.25, 0.3) is 0 Å². The zero-order valence-corrected chi connectivity index (χ0v) is 11.8. The van der Waals surface area contributed by atoms with Gasteiger partial charge in [-0.15, -0.1) is 0 Å². The van der Waals surface area contributed by atoms with Gasteiger partial charge >= 0.3 is 6.18 Å². The molecule has 3 nitrogen and oxygen atoms in total. The van der Waals surface area contributed by atoms with E-state index >= 15 is 0 Å². The quantitative estimate of drug-likeness (QED) is 0.896. The highest BCUT2D eigenvalue weighted by Crippen LogP contribution is 2.29. The molecule has 0 bridgehead atoms. The maximum absolute atomic E-state index is 12.4. The zero-order chi connectivity index (χ0) is 15.5. The normalized spacial score (nSPS) is 20.3. The topological polar surface area (TPSA) is 41.1 Å². The predicted octanol–water partition coefficient (Wildman–Crippen LogP) is 2.36. The summed E-state index contributed by atoms with van der Waals surface area (Å²) in [7, 11) is 0. The molecule has 1 aromatic rings. The summed E-state index contributed by atoms with van der Waals surface area (Å²) in [4.78, 5) is 11.9. The van der Waals surface area contributed by atoms with E-state index in [4.69, 9.17) is 0 Å². The summed E-state index contributed by atoms with van der Waals surface area (Å²) >= 11 is 0. The zero-order valence-electron chi connectivity index (χ0n) is 11.8. The van der Waals surface area contributed by atoms with Crippen LogP contribution in [0, 0.1) is 5.92 Å². The molecule has 6 heteroatoms. The van der Waals surface area contributed by atoms with Crippen molar-refractivity contribution in [1.29, 1.82) is 0 Å². The third-order valence-electron chi connectivity index (χ3n) is 3.84. The molecule has 2 rings (SSSR count). The van der Waals surface area contributed by atoms with Gasteiger partial charge in [0.1, 0.15) is 0 Å². The molecule has 116 valence electrons. The minimum atomic E-state index is -4.34. The molecule has 1 fully saturated rings. The maximum Gasteiger partial charge on any atom is 0.416 e. The van der Waals surface area contributed by atoms with Gasteiger partial charge in [-0.1, -0.05) is 12.1 Å². The van der Waals surface area contributed by atoms with E-state index in [9.17, 15) is 18.0 Å². The molecule has 0 aromatic heterocycles. The lowest BCUT2D eigenvalue weighted by atomic mass is 10.00. The second kappa shape index (κ2) is 6.47. The minimum Gasteiger partial charge on any atom is -0.353 e. The summed E-state index contributed by atoms with van der Waals surface area (Å²) in [6.45, 7) is 3.81. The Labute approximate surface area is 121 Å². The summed E-state index contributed by atoms with van der Waals surface area (Å²) in [5.41, 5.74) is -0.116. The van der Waals surface area contributed by atoms with Crippen LogP contribution < -0.4 is 10.6 Å². The Hall–Kier alpha value is -1.56. The Morgan fingerprint density at radius 2 is 2.05 bits per heavy atom. The highest BCUT2D eigenvalue weighted by Gasteiger charge is 2.30. The first-order valence-corrected chi connectivity index (χ1v) is 7.02. The van der Waals surface area contributed by atoms with Crippen LogP contribution in [0.15, 0.2) is 24.3 Å². The van der Waals surface area contributed by atoms with Crippen molar-refractivity contribution in [2.45, 2.75) is 32.0 Å². The largest absolute Gasteiger partial charge is 0.416 e. The Bertz CT molecular complexity index is 479. The molecule has 1 aliphatic rings. The molecular weight excluding hydrogens is 281 g/mol. The van der Waals surface area contributed by atoms with E-state index < -0.39 is 11.7 Å². The number of hydrogen-bond donors (Lipinski definition) is 2. The molecule has 1 aromatic carbocycles. The van der Waals surface area contributed by atoms with Crippen LogP contribution in [0.5, 0.6) is 0 Å². The molecule has 2 N–H and O–H groups in total. The van der Waals surface area contributed by atoms with Crippen LogP contribution in [-0.2, 0) is 17.4 Å². The number of amides is 1. The van der Waals surface area contributed by atoms with Gasteiger partial charge in [-0.25, -0.2) is 0 Å². The molecule has 1 heterocycles. The maximum atomic E-state index is 12.4. The number of halogens is 3. The number of benzene rings is 1. The first-order chi connectivity index (χ1) is 9.86. The molecule has 0 spiro atoms. The molecule has 0 aliphatic carbocycles. The predicted molar refractivity (Wildman–Crippen MR) is 73.7 cm³/mol. The van der Waals surface area contributed by atoms with Crippen molar-refractivity contribution in [3.63, 3.8) is 0 Å². The van der Waals surface area contributed by atoms with E-state index in [-0.39, 0.29) is 18.4 Å². The Morgan fingerprint density at radius 1 is 1.38 bits per heavy atom. The van der Waals surface area contributed by atoms with Crippen molar-refractivity contribution in [2.75, 3.05) is 13.1 Å². The van der Waals surface area contributed by atoms with Crippen LogP contribution >= 0.6 is 0 Å². The van der Waals surface area contributed by atoms with Crippen LogP contribution in [0.3, 0.4) is 0 Å². The van der Waals surface area contributed by atoms with E-state index in [1.165, 1.54) is 12.1 Å². The number of carbonyl (C=O) groups excluding carboxylic acids is 1. The lowest BCUT2D eigenvalue weighted by molar-refractivity contribution is -0.137. The molecule has 2 atom stereocenters. The van der Waals surface area contributed by atoms with Crippen LogP contribution in [0.1, 0.15) is 24.5 Å². The fourth-order valence-corrected chi connectivity index (χ4v) is 2.52. The van der Waals surface area contributed by atoms with Crippen molar-refractivity contribution in [1.82, 2.24) is 10.6 Å². The Kier molecular flexibility index (Phi) is 4.88. The smallest absolute Gasteiger partial charge is 0.353 e. The molecule has 1 aliphatic heterocycles. The number of carbonyl (C=O) groups is 1. The highest BCUT2D eigenvalue weighted by atomic mass is 19.4.